The van der Waals surface area contributed by atoms with Crippen LogP contribution < -0.4 is 5.32 Å². The molecule has 1 atom stereocenters. The average Bonchev–Trinajstić information content (AvgIpc) is 3.20. The van der Waals surface area contributed by atoms with Crippen LogP contribution in [-0.4, -0.2) is 29.8 Å². The molecule has 0 radical (unpaired) electrons. The van der Waals surface area contributed by atoms with Gasteiger partial charge in [-0.1, -0.05) is 23.7 Å². The molecule has 6 heteroatoms. The van der Waals surface area contributed by atoms with E-state index in [-0.39, 0.29) is 24.2 Å². The summed E-state index contributed by atoms with van der Waals surface area (Å²) in [6, 6.07) is 11.2. The molecule has 1 aliphatic heterocycles. The summed E-state index contributed by atoms with van der Waals surface area (Å²) in [5.74, 6) is 0.355. The molecule has 0 bridgehead atoms. The van der Waals surface area contributed by atoms with Gasteiger partial charge in [0.15, 0.2) is 0 Å². The maximum absolute atomic E-state index is 12.2. The monoisotopic (exact) mass is 346 g/mol. The second kappa shape index (κ2) is 7.53. The van der Waals surface area contributed by atoms with Crippen LogP contribution in [-0.2, 0) is 22.6 Å². The SMILES string of the molecule is O=C(NCCc1ccc(Cl)cc1)[C@@H]1CC(=O)N(Cc2ccco2)C1. The van der Waals surface area contributed by atoms with E-state index in [0.717, 1.165) is 17.7 Å². The van der Waals surface area contributed by atoms with Crippen molar-refractivity contribution < 1.29 is 14.0 Å². The van der Waals surface area contributed by atoms with E-state index in [4.69, 9.17) is 16.0 Å². The first kappa shape index (κ1) is 16.6. The quantitative estimate of drug-likeness (QED) is 0.874. The predicted molar refractivity (Wildman–Crippen MR) is 90.4 cm³/mol. The van der Waals surface area contributed by atoms with Crippen molar-refractivity contribution in [1.29, 1.82) is 0 Å². The number of nitrogens with zero attached hydrogens (tertiary/aromatic N) is 1. The number of benzene rings is 1. The normalized spacial score (nSPS) is 17.3. The Bertz CT molecular complexity index is 698. The van der Waals surface area contributed by atoms with Crippen molar-refractivity contribution in [1.82, 2.24) is 10.2 Å². The number of carbonyl (C=O) groups excluding carboxylic acids is 2. The minimum absolute atomic E-state index is 0.00995. The molecule has 3 rings (SSSR count). The number of hydrogen-bond donors (Lipinski definition) is 1. The Morgan fingerprint density at radius 2 is 2.08 bits per heavy atom. The number of carbonyl (C=O) groups is 2. The minimum Gasteiger partial charge on any atom is -0.467 e. The van der Waals surface area contributed by atoms with Gasteiger partial charge in [-0.2, -0.15) is 0 Å². The second-order valence-corrected chi connectivity index (χ2v) is 6.36. The number of likely N-dealkylation sites (tertiary alicyclic amines) is 1. The third-order valence-electron chi connectivity index (χ3n) is 4.14. The molecule has 0 saturated carbocycles. The van der Waals surface area contributed by atoms with Crippen molar-refractivity contribution in [3.63, 3.8) is 0 Å². The van der Waals surface area contributed by atoms with Crippen molar-refractivity contribution in [3.8, 4) is 0 Å². The van der Waals surface area contributed by atoms with Gasteiger partial charge in [-0.3, -0.25) is 9.59 Å². The topological polar surface area (TPSA) is 62.6 Å². The summed E-state index contributed by atoms with van der Waals surface area (Å²) in [5, 5.41) is 3.61. The van der Waals surface area contributed by atoms with Crippen LogP contribution in [0.25, 0.3) is 0 Å². The molecule has 24 heavy (non-hydrogen) atoms. The Morgan fingerprint density at radius 1 is 1.29 bits per heavy atom. The second-order valence-electron chi connectivity index (χ2n) is 5.92. The first-order chi connectivity index (χ1) is 11.6. The highest BCUT2D eigenvalue weighted by atomic mass is 35.5. The third-order valence-corrected chi connectivity index (χ3v) is 4.39. The van der Waals surface area contributed by atoms with Crippen LogP contribution in [0.4, 0.5) is 0 Å². The van der Waals surface area contributed by atoms with Crippen LogP contribution in [0, 0.1) is 5.92 Å². The number of furan rings is 1. The number of nitrogens with one attached hydrogen (secondary N) is 1. The van der Waals surface area contributed by atoms with E-state index < -0.39 is 0 Å². The minimum atomic E-state index is -0.294. The molecule has 126 valence electrons. The Morgan fingerprint density at radius 3 is 2.79 bits per heavy atom. The molecule has 2 heterocycles. The first-order valence-corrected chi connectivity index (χ1v) is 8.32. The average molecular weight is 347 g/mol. The molecule has 2 amide bonds. The van der Waals surface area contributed by atoms with Gasteiger partial charge in [0, 0.05) is 24.5 Å². The molecule has 1 saturated heterocycles. The maximum Gasteiger partial charge on any atom is 0.225 e. The van der Waals surface area contributed by atoms with Crippen molar-refractivity contribution in [3.05, 3.63) is 59.0 Å². The summed E-state index contributed by atoms with van der Waals surface area (Å²) in [6.45, 7) is 1.40. The van der Waals surface area contributed by atoms with Gasteiger partial charge in [0.2, 0.25) is 11.8 Å². The predicted octanol–water partition coefficient (Wildman–Crippen LogP) is 2.64. The van der Waals surface area contributed by atoms with Crippen LogP contribution in [0.15, 0.2) is 47.1 Å². The fourth-order valence-electron chi connectivity index (χ4n) is 2.82. The molecule has 5 nitrogen and oxygen atoms in total. The molecule has 1 N–H and O–H groups in total. The summed E-state index contributed by atoms with van der Waals surface area (Å²) in [4.78, 5) is 26.0. The van der Waals surface area contributed by atoms with E-state index in [9.17, 15) is 9.59 Å². The maximum atomic E-state index is 12.2. The van der Waals surface area contributed by atoms with Crippen molar-refractivity contribution in [2.45, 2.75) is 19.4 Å². The highest BCUT2D eigenvalue weighted by molar-refractivity contribution is 6.30. The van der Waals surface area contributed by atoms with E-state index in [1.165, 1.54) is 0 Å². The molecule has 0 aliphatic carbocycles. The molecule has 1 fully saturated rings. The van der Waals surface area contributed by atoms with Crippen LogP contribution in [0.2, 0.25) is 5.02 Å². The van der Waals surface area contributed by atoms with Gasteiger partial charge in [0.1, 0.15) is 5.76 Å². The molecule has 1 aliphatic rings. The van der Waals surface area contributed by atoms with Crippen LogP contribution in [0.1, 0.15) is 17.7 Å². The Labute approximate surface area is 145 Å². The molecule has 1 aromatic heterocycles. The number of hydrogen-bond acceptors (Lipinski definition) is 3. The molecular weight excluding hydrogens is 328 g/mol. The number of amides is 2. The summed E-state index contributed by atoms with van der Waals surface area (Å²) in [5.41, 5.74) is 1.11. The lowest BCUT2D eigenvalue weighted by atomic mass is 10.1. The molecule has 1 aromatic carbocycles. The number of rotatable bonds is 6. The lowest BCUT2D eigenvalue weighted by Gasteiger charge is -2.15. The molecule has 2 aromatic rings. The highest BCUT2D eigenvalue weighted by Crippen LogP contribution is 2.20. The standard InChI is InChI=1S/C18H19ClN2O3/c19-15-5-3-13(4-6-15)7-8-20-18(23)14-10-17(22)21(11-14)12-16-2-1-9-24-16/h1-6,9,14H,7-8,10-12H2,(H,20,23)/t14-/m1/s1. The molecular formula is C18H19ClN2O3. The van der Waals surface area contributed by atoms with Crippen LogP contribution >= 0.6 is 11.6 Å². The van der Waals surface area contributed by atoms with E-state index in [1.807, 2.05) is 30.3 Å². The zero-order valence-electron chi connectivity index (χ0n) is 13.2. The summed E-state index contributed by atoms with van der Waals surface area (Å²) in [7, 11) is 0. The number of halogens is 1. The van der Waals surface area contributed by atoms with Crippen molar-refractivity contribution in [2.75, 3.05) is 13.1 Å². The fourth-order valence-corrected chi connectivity index (χ4v) is 2.94. The first-order valence-electron chi connectivity index (χ1n) is 7.94. The Kier molecular flexibility index (Phi) is 5.20. The highest BCUT2D eigenvalue weighted by Gasteiger charge is 2.34. The largest absolute Gasteiger partial charge is 0.467 e. The zero-order valence-corrected chi connectivity index (χ0v) is 14.0. The summed E-state index contributed by atoms with van der Waals surface area (Å²) < 4.78 is 5.26. The molecule has 0 spiro atoms. The lowest BCUT2D eigenvalue weighted by molar-refractivity contribution is -0.129. The fraction of sp³-hybridized carbons (Fsp3) is 0.333. The summed E-state index contributed by atoms with van der Waals surface area (Å²) >= 11 is 5.85. The van der Waals surface area contributed by atoms with Gasteiger partial charge in [0.25, 0.3) is 0 Å². The van der Waals surface area contributed by atoms with Gasteiger partial charge < -0.3 is 14.6 Å². The third kappa shape index (κ3) is 4.17. The molecule has 0 unspecified atom stereocenters. The van der Waals surface area contributed by atoms with Crippen LogP contribution in [0.5, 0.6) is 0 Å². The van der Waals surface area contributed by atoms with Gasteiger partial charge in [-0.05, 0) is 36.2 Å². The van der Waals surface area contributed by atoms with E-state index in [2.05, 4.69) is 5.32 Å². The van der Waals surface area contributed by atoms with Crippen molar-refractivity contribution in [2.24, 2.45) is 5.92 Å². The van der Waals surface area contributed by atoms with Crippen molar-refractivity contribution >= 4 is 23.4 Å². The lowest BCUT2D eigenvalue weighted by Crippen LogP contribution is -2.34. The van der Waals surface area contributed by atoms with Crippen LogP contribution in [0.3, 0.4) is 0 Å². The van der Waals surface area contributed by atoms with E-state index >= 15 is 0 Å². The van der Waals surface area contributed by atoms with Gasteiger partial charge >= 0.3 is 0 Å². The van der Waals surface area contributed by atoms with Gasteiger partial charge in [-0.25, -0.2) is 0 Å². The Balaban J connectivity index is 1.45. The van der Waals surface area contributed by atoms with E-state index in [0.29, 0.717) is 24.7 Å². The summed E-state index contributed by atoms with van der Waals surface area (Å²) in [6.07, 6.45) is 2.57. The van der Waals surface area contributed by atoms with Gasteiger partial charge in [0.05, 0.1) is 18.7 Å². The Hall–Kier alpha value is -2.27. The zero-order chi connectivity index (χ0) is 16.9. The van der Waals surface area contributed by atoms with Gasteiger partial charge in [-0.15, -0.1) is 0 Å². The van der Waals surface area contributed by atoms with E-state index in [1.54, 1.807) is 17.2 Å². The smallest absolute Gasteiger partial charge is 0.225 e.